The molecule has 0 saturated heterocycles. The van der Waals surface area contributed by atoms with Gasteiger partial charge in [-0.1, -0.05) is 20.3 Å². The third kappa shape index (κ3) is 9.78. The quantitative estimate of drug-likeness (QED) is 0.477. The molecular formula is C13H25NO4S. The molecule has 3 N–H and O–H groups in total. The summed E-state index contributed by atoms with van der Waals surface area (Å²) in [5, 5.41) is 20.8. The molecule has 0 spiro atoms. The van der Waals surface area contributed by atoms with E-state index in [1.165, 1.54) is 0 Å². The fourth-order valence-corrected chi connectivity index (χ4v) is 2.63. The van der Waals surface area contributed by atoms with Crippen molar-refractivity contribution in [3.63, 3.8) is 0 Å². The molecule has 112 valence electrons. The second-order valence-electron chi connectivity index (χ2n) is 4.65. The molecule has 0 rings (SSSR count). The van der Waals surface area contributed by atoms with E-state index in [0.717, 1.165) is 18.6 Å². The summed E-state index contributed by atoms with van der Waals surface area (Å²) in [7, 11) is 0. The molecular weight excluding hydrogens is 266 g/mol. The number of carbonyl (C=O) groups is 2. The summed E-state index contributed by atoms with van der Waals surface area (Å²) in [6.45, 7) is 4.32. The number of rotatable bonds is 12. The van der Waals surface area contributed by atoms with Crippen LogP contribution in [0.25, 0.3) is 0 Å². The van der Waals surface area contributed by atoms with Crippen molar-refractivity contribution in [2.75, 3.05) is 18.1 Å². The van der Waals surface area contributed by atoms with E-state index in [1.54, 1.807) is 18.7 Å². The van der Waals surface area contributed by atoms with Gasteiger partial charge < -0.3 is 15.5 Å². The fourth-order valence-electron chi connectivity index (χ4n) is 1.47. The minimum absolute atomic E-state index is 0.371. The van der Waals surface area contributed by atoms with Gasteiger partial charge in [-0.2, -0.15) is 11.8 Å². The number of aliphatic carboxylic acids is 2. The molecule has 0 radical (unpaired) electrons. The Labute approximate surface area is 119 Å². The van der Waals surface area contributed by atoms with Crippen LogP contribution in [-0.4, -0.2) is 46.2 Å². The molecule has 2 atom stereocenters. The molecule has 0 fully saturated rings. The van der Waals surface area contributed by atoms with Gasteiger partial charge in [-0.25, -0.2) is 0 Å². The van der Waals surface area contributed by atoms with Crippen LogP contribution < -0.4 is 5.32 Å². The molecule has 0 aliphatic heterocycles. The molecule has 0 aromatic rings. The van der Waals surface area contributed by atoms with Gasteiger partial charge in [0.05, 0.1) is 5.92 Å². The molecule has 6 heteroatoms. The summed E-state index contributed by atoms with van der Waals surface area (Å²) in [4.78, 5) is 21.7. The Balaban J connectivity index is 3.76. The van der Waals surface area contributed by atoms with Gasteiger partial charge in [0, 0.05) is 5.75 Å². The smallest absolute Gasteiger partial charge is 0.321 e. The standard InChI is InChI=1S/C13H25NO4S/c1-3-4-8-19-9-11(13(17)18)14-7-5-6-10(2)12(15)16/h10-11,14H,3-9H2,1-2H3,(H,15,16)(H,17,18). The van der Waals surface area contributed by atoms with Crippen molar-refractivity contribution in [1.29, 1.82) is 0 Å². The van der Waals surface area contributed by atoms with Crippen molar-refractivity contribution in [1.82, 2.24) is 5.32 Å². The lowest BCUT2D eigenvalue weighted by molar-refractivity contribution is -0.141. The summed E-state index contributed by atoms with van der Waals surface area (Å²) in [6.07, 6.45) is 3.47. The number of unbranched alkanes of at least 4 members (excludes halogenated alkanes) is 1. The Hall–Kier alpha value is -0.750. The Morgan fingerprint density at radius 3 is 2.42 bits per heavy atom. The monoisotopic (exact) mass is 291 g/mol. The number of thioether (sulfide) groups is 1. The first-order valence-corrected chi connectivity index (χ1v) is 7.91. The lowest BCUT2D eigenvalue weighted by Gasteiger charge is -2.14. The maximum absolute atomic E-state index is 11.0. The highest BCUT2D eigenvalue weighted by Crippen LogP contribution is 2.08. The second-order valence-corrected chi connectivity index (χ2v) is 5.80. The zero-order chi connectivity index (χ0) is 14.7. The van der Waals surface area contributed by atoms with Gasteiger partial charge in [0.2, 0.25) is 0 Å². The predicted molar refractivity (Wildman–Crippen MR) is 77.7 cm³/mol. The largest absolute Gasteiger partial charge is 0.481 e. The molecule has 0 saturated carbocycles. The summed E-state index contributed by atoms with van der Waals surface area (Å²) in [6, 6.07) is -0.540. The number of carboxylic acid groups (broad SMARTS) is 2. The van der Waals surface area contributed by atoms with Crippen LogP contribution in [0, 0.1) is 5.92 Å². The van der Waals surface area contributed by atoms with Gasteiger partial charge in [0.1, 0.15) is 6.04 Å². The Kier molecular flexibility index (Phi) is 10.7. The highest BCUT2D eigenvalue weighted by molar-refractivity contribution is 7.99. The molecule has 0 aliphatic rings. The molecule has 0 aliphatic carbocycles. The second kappa shape index (κ2) is 11.1. The first-order valence-electron chi connectivity index (χ1n) is 6.75. The van der Waals surface area contributed by atoms with Crippen molar-refractivity contribution in [3.8, 4) is 0 Å². The number of carboxylic acids is 2. The van der Waals surface area contributed by atoms with E-state index in [-0.39, 0.29) is 5.92 Å². The van der Waals surface area contributed by atoms with Crippen molar-refractivity contribution < 1.29 is 19.8 Å². The first kappa shape index (κ1) is 18.2. The van der Waals surface area contributed by atoms with Crippen LogP contribution in [0.2, 0.25) is 0 Å². The summed E-state index contributed by atoms with van der Waals surface area (Å²) >= 11 is 1.65. The lowest BCUT2D eigenvalue weighted by atomic mass is 10.1. The maximum Gasteiger partial charge on any atom is 0.321 e. The number of hydrogen-bond acceptors (Lipinski definition) is 4. The number of hydrogen-bond donors (Lipinski definition) is 3. The average Bonchev–Trinajstić information content (AvgIpc) is 2.35. The Bertz CT molecular complexity index is 273. The van der Waals surface area contributed by atoms with E-state index in [9.17, 15) is 9.59 Å². The minimum atomic E-state index is -0.838. The van der Waals surface area contributed by atoms with Gasteiger partial charge in [-0.15, -0.1) is 0 Å². The lowest BCUT2D eigenvalue weighted by Crippen LogP contribution is -2.39. The Morgan fingerprint density at radius 2 is 1.89 bits per heavy atom. The highest BCUT2D eigenvalue weighted by atomic mass is 32.2. The van der Waals surface area contributed by atoms with E-state index in [4.69, 9.17) is 10.2 Å². The molecule has 5 nitrogen and oxygen atoms in total. The van der Waals surface area contributed by atoms with E-state index in [1.807, 2.05) is 0 Å². The third-order valence-electron chi connectivity index (χ3n) is 2.85. The van der Waals surface area contributed by atoms with Gasteiger partial charge >= 0.3 is 11.9 Å². The zero-order valence-corrected chi connectivity index (χ0v) is 12.5. The summed E-state index contributed by atoms with van der Waals surface area (Å²) < 4.78 is 0. The van der Waals surface area contributed by atoms with Gasteiger partial charge in [-0.3, -0.25) is 9.59 Å². The highest BCUT2D eigenvalue weighted by Gasteiger charge is 2.16. The van der Waals surface area contributed by atoms with Crippen LogP contribution >= 0.6 is 11.8 Å². The summed E-state index contributed by atoms with van der Waals surface area (Å²) in [5.74, 6) is -0.467. The minimum Gasteiger partial charge on any atom is -0.481 e. The average molecular weight is 291 g/mol. The maximum atomic E-state index is 11.0. The number of nitrogens with one attached hydrogen (secondary N) is 1. The van der Waals surface area contributed by atoms with Crippen molar-refractivity contribution in [2.45, 2.75) is 45.6 Å². The SMILES string of the molecule is CCCCSCC(NCCCC(C)C(=O)O)C(=O)O. The van der Waals surface area contributed by atoms with E-state index in [0.29, 0.717) is 25.1 Å². The van der Waals surface area contributed by atoms with Crippen molar-refractivity contribution >= 4 is 23.7 Å². The third-order valence-corrected chi connectivity index (χ3v) is 4.00. The molecule has 0 aromatic heterocycles. The Morgan fingerprint density at radius 1 is 1.21 bits per heavy atom. The van der Waals surface area contributed by atoms with Crippen molar-refractivity contribution in [3.05, 3.63) is 0 Å². The van der Waals surface area contributed by atoms with E-state index >= 15 is 0 Å². The molecule has 19 heavy (non-hydrogen) atoms. The van der Waals surface area contributed by atoms with Crippen LogP contribution in [0.5, 0.6) is 0 Å². The fraction of sp³-hybridized carbons (Fsp3) is 0.846. The normalized spacial score (nSPS) is 14.0. The van der Waals surface area contributed by atoms with Crippen LogP contribution in [0.1, 0.15) is 39.5 Å². The van der Waals surface area contributed by atoms with E-state index < -0.39 is 18.0 Å². The topological polar surface area (TPSA) is 86.6 Å². The summed E-state index contributed by atoms with van der Waals surface area (Å²) in [5.41, 5.74) is 0. The zero-order valence-electron chi connectivity index (χ0n) is 11.7. The van der Waals surface area contributed by atoms with Crippen LogP contribution in [0.3, 0.4) is 0 Å². The van der Waals surface area contributed by atoms with Crippen LogP contribution in [0.4, 0.5) is 0 Å². The van der Waals surface area contributed by atoms with Gasteiger partial charge in [0.15, 0.2) is 0 Å². The molecule has 0 aromatic carbocycles. The van der Waals surface area contributed by atoms with Gasteiger partial charge in [0.25, 0.3) is 0 Å². The molecule has 0 heterocycles. The van der Waals surface area contributed by atoms with Crippen LogP contribution in [-0.2, 0) is 9.59 Å². The van der Waals surface area contributed by atoms with E-state index in [2.05, 4.69) is 12.2 Å². The van der Waals surface area contributed by atoms with Crippen molar-refractivity contribution in [2.24, 2.45) is 5.92 Å². The van der Waals surface area contributed by atoms with Crippen LogP contribution in [0.15, 0.2) is 0 Å². The predicted octanol–water partition coefficient (Wildman–Crippen LogP) is 2.06. The molecule has 0 bridgehead atoms. The molecule has 0 amide bonds. The first-order chi connectivity index (χ1) is 8.99. The van der Waals surface area contributed by atoms with Gasteiger partial charge in [-0.05, 0) is 31.6 Å². The molecule has 2 unspecified atom stereocenters.